The predicted molar refractivity (Wildman–Crippen MR) is 85.8 cm³/mol. The molecule has 0 bridgehead atoms. The molecular formula is C18H27N3. The zero-order valence-corrected chi connectivity index (χ0v) is 13.4. The Morgan fingerprint density at radius 1 is 1.19 bits per heavy atom. The summed E-state index contributed by atoms with van der Waals surface area (Å²) in [6.45, 7) is 4.83. The lowest BCUT2D eigenvalue weighted by atomic mass is 9.92. The average molecular weight is 285 g/mol. The van der Waals surface area contributed by atoms with E-state index >= 15 is 0 Å². The van der Waals surface area contributed by atoms with E-state index in [1.807, 2.05) is 24.1 Å². The summed E-state index contributed by atoms with van der Waals surface area (Å²) >= 11 is 0. The highest BCUT2D eigenvalue weighted by Gasteiger charge is 2.30. The van der Waals surface area contributed by atoms with Crippen molar-refractivity contribution in [1.82, 2.24) is 14.7 Å². The lowest BCUT2D eigenvalue weighted by Crippen LogP contribution is -2.43. The van der Waals surface area contributed by atoms with Crippen molar-refractivity contribution in [2.45, 2.75) is 51.5 Å². The number of piperidine rings is 1. The topological polar surface area (TPSA) is 21.1 Å². The number of aromatic nitrogens is 2. The molecule has 2 fully saturated rings. The molecule has 3 rings (SSSR count). The molecule has 1 aliphatic carbocycles. The van der Waals surface area contributed by atoms with E-state index < -0.39 is 0 Å². The summed E-state index contributed by atoms with van der Waals surface area (Å²) in [5.74, 6) is 8.64. The summed E-state index contributed by atoms with van der Waals surface area (Å²) < 4.78 is 1.83. The third-order valence-electron chi connectivity index (χ3n) is 5.13. The fourth-order valence-electron chi connectivity index (χ4n) is 3.73. The van der Waals surface area contributed by atoms with E-state index in [2.05, 4.69) is 28.8 Å². The second kappa shape index (κ2) is 6.66. The van der Waals surface area contributed by atoms with Gasteiger partial charge in [-0.3, -0.25) is 9.58 Å². The highest BCUT2D eigenvalue weighted by molar-refractivity contribution is 5.31. The Labute approximate surface area is 128 Å². The van der Waals surface area contributed by atoms with Crippen LogP contribution in [0.25, 0.3) is 0 Å². The standard InChI is InChI=1S/C18H27N3/c1-15-9-11-21(12-10-15)18(17-5-3-4-6-17)8-7-16-13-19-20(2)14-16/h13-15,17-18H,3-6,9-12H2,1-2H3. The first-order chi connectivity index (χ1) is 10.2. The van der Waals surface area contributed by atoms with Crippen LogP contribution in [0.5, 0.6) is 0 Å². The van der Waals surface area contributed by atoms with Gasteiger partial charge in [0, 0.05) is 13.2 Å². The van der Waals surface area contributed by atoms with E-state index in [0.717, 1.165) is 17.4 Å². The molecule has 0 N–H and O–H groups in total. The predicted octanol–water partition coefficient (Wildman–Crippen LogP) is 3.06. The van der Waals surface area contributed by atoms with Crippen molar-refractivity contribution >= 4 is 0 Å². The Kier molecular flexibility index (Phi) is 4.65. The minimum Gasteiger partial charge on any atom is -0.290 e. The first kappa shape index (κ1) is 14.7. The van der Waals surface area contributed by atoms with E-state index in [4.69, 9.17) is 0 Å². The second-order valence-corrected chi connectivity index (χ2v) is 6.88. The zero-order valence-electron chi connectivity index (χ0n) is 13.4. The van der Waals surface area contributed by atoms with Gasteiger partial charge in [-0.05, 0) is 50.6 Å². The highest BCUT2D eigenvalue weighted by atomic mass is 15.2. The van der Waals surface area contributed by atoms with Crippen molar-refractivity contribution in [1.29, 1.82) is 0 Å². The Hall–Kier alpha value is -1.27. The van der Waals surface area contributed by atoms with Crippen LogP contribution in [0.15, 0.2) is 12.4 Å². The van der Waals surface area contributed by atoms with E-state index in [0.29, 0.717) is 6.04 Å². The summed E-state index contributed by atoms with van der Waals surface area (Å²) in [5, 5.41) is 4.22. The Balaban J connectivity index is 1.74. The van der Waals surface area contributed by atoms with Crippen molar-refractivity contribution in [2.24, 2.45) is 18.9 Å². The summed E-state index contributed by atoms with van der Waals surface area (Å²) in [6.07, 6.45) is 12.0. The Morgan fingerprint density at radius 3 is 2.52 bits per heavy atom. The van der Waals surface area contributed by atoms with Crippen molar-refractivity contribution in [2.75, 3.05) is 13.1 Å². The van der Waals surface area contributed by atoms with E-state index in [-0.39, 0.29) is 0 Å². The van der Waals surface area contributed by atoms with Crippen LogP contribution in [-0.2, 0) is 7.05 Å². The molecular weight excluding hydrogens is 258 g/mol. The monoisotopic (exact) mass is 285 g/mol. The minimum atomic E-state index is 0.459. The van der Waals surface area contributed by atoms with Gasteiger partial charge in [-0.25, -0.2) is 0 Å². The van der Waals surface area contributed by atoms with Gasteiger partial charge in [-0.15, -0.1) is 0 Å². The lowest BCUT2D eigenvalue weighted by Gasteiger charge is -2.37. The van der Waals surface area contributed by atoms with Gasteiger partial charge in [0.2, 0.25) is 0 Å². The smallest absolute Gasteiger partial charge is 0.0746 e. The highest BCUT2D eigenvalue weighted by Crippen LogP contribution is 2.32. The van der Waals surface area contributed by atoms with Crippen LogP contribution in [0.3, 0.4) is 0 Å². The largest absolute Gasteiger partial charge is 0.290 e. The van der Waals surface area contributed by atoms with E-state index in [1.54, 1.807) is 0 Å². The molecule has 114 valence electrons. The summed E-state index contributed by atoms with van der Waals surface area (Å²) in [7, 11) is 1.95. The maximum absolute atomic E-state index is 4.22. The number of rotatable bonds is 2. The van der Waals surface area contributed by atoms with Gasteiger partial charge in [0.25, 0.3) is 0 Å². The zero-order chi connectivity index (χ0) is 14.7. The molecule has 3 nitrogen and oxygen atoms in total. The average Bonchev–Trinajstić information content (AvgIpc) is 3.13. The number of hydrogen-bond acceptors (Lipinski definition) is 2. The van der Waals surface area contributed by atoms with Crippen LogP contribution in [0, 0.1) is 23.7 Å². The molecule has 21 heavy (non-hydrogen) atoms. The van der Waals surface area contributed by atoms with Gasteiger partial charge in [-0.2, -0.15) is 5.10 Å². The minimum absolute atomic E-state index is 0.459. The molecule has 1 aliphatic heterocycles. The number of nitrogens with zero attached hydrogens (tertiary/aromatic N) is 3. The third-order valence-corrected chi connectivity index (χ3v) is 5.13. The normalized spacial score (nSPS) is 23.0. The number of hydrogen-bond donors (Lipinski definition) is 0. The fourth-order valence-corrected chi connectivity index (χ4v) is 3.73. The first-order valence-electron chi connectivity index (χ1n) is 8.46. The van der Waals surface area contributed by atoms with Gasteiger partial charge in [0.1, 0.15) is 0 Å². The number of likely N-dealkylation sites (tertiary alicyclic amines) is 1. The quantitative estimate of drug-likeness (QED) is 0.779. The molecule has 1 saturated heterocycles. The second-order valence-electron chi connectivity index (χ2n) is 6.88. The molecule has 1 unspecified atom stereocenters. The molecule has 2 aliphatic rings. The molecule has 2 heterocycles. The number of aryl methyl sites for hydroxylation is 1. The Morgan fingerprint density at radius 2 is 1.90 bits per heavy atom. The molecule has 0 aromatic carbocycles. The van der Waals surface area contributed by atoms with Crippen LogP contribution in [-0.4, -0.2) is 33.8 Å². The molecule has 1 atom stereocenters. The van der Waals surface area contributed by atoms with Crippen LogP contribution >= 0.6 is 0 Å². The molecule has 0 spiro atoms. The van der Waals surface area contributed by atoms with Crippen molar-refractivity contribution in [3.8, 4) is 11.8 Å². The molecule has 1 aromatic heterocycles. The van der Waals surface area contributed by atoms with Gasteiger partial charge in [0.15, 0.2) is 0 Å². The maximum Gasteiger partial charge on any atom is 0.0746 e. The molecule has 0 amide bonds. The van der Waals surface area contributed by atoms with Crippen LogP contribution in [0.2, 0.25) is 0 Å². The van der Waals surface area contributed by atoms with Gasteiger partial charge in [0.05, 0.1) is 17.8 Å². The van der Waals surface area contributed by atoms with Crippen LogP contribution in [0.1, 0.15) is 51.0 Å². The summed E-state index contributed by atoms with van der Waals surface area (Å²) in [5.41, 5.74) is 1.05. The molecule has 1 aromatic rings. The van der Waals surface area contributed by atoms with Crippen molar-refractivity contribution in [3.05, 3.63) is 18.0 Å². The summed E-state index contributed by atoms with van der Waals surface area (Å²) in [6, 6.07) is 0.459. The third kappa shape index (κ3) is 3.68. The van der Waals surface area contributed by atoms with E-state index in [9.17, 15) is 0 Å². The van der Waals surface area contributed by atoms with Crippen molar-refractivity contribution < 1.29 is 0 Å². The van der Waals surface area contributed by atoms with Crippen molar-refractivity contribution in [3.63, 3.8) is 0 Å². The summed E-state index contributed by atoms with van der Waals surface area (Å²) in [4.78, 5) is 2.65. The Bertz CT molecular complexity index is 508. The lowest BCUT2D eigenvalue weighted by molar-refractivity contribution is 0.132. The molecule has 3 heteroatoms. The molecule has 1 saturated carbocycles. The van der Waals surface area contributed by atoms with Crippen LogP contribution in [0.4, 0.5) is 0 Å². The fraction of sp³-hybridized carbons (Fsp3) is 0.722. The maximum atomic E-state index is 4.22. The van der Waals surface area contributed by atoms with Crippen LogP contribution < -0.4 is 0 Å². The first-order valence-corrected chi connectivity index (χ1v) is 8.46. The van der Waals surface area contributed by atoms with Gasteiger partial charge in [-0.1, -0.05) is 31.6 Å². The SMILES string of the molecule is CC1CCN(C(C#Cc2cnn(C)c2)C2CCCC2)CC1. The molecule has 0 radical (unpaired) electrons. The van der Waals surface area contributed by atoms with E-state index in [1.165, 1.54) is 51.6 Å². The van der Waals surface area contributed by atoms with Gasteiger partial charge < -0.3 is 0 Å². The van der Waals surface area contributed by atoms with Gasteiger partial charge >= 0.3 is 0 Å².